The minimum Gasteiger partial charge on any atom is -0.468 e. The van der Waals surface area contributed by atoms with E-state index in [-0.39, 0.29) is 18.5 Å². The largest absolute Gasteiger partial charge is 0.468 e. The summed E-state index contributed by atoms with van der Waals surface area (Å²) in [5.41, 5.74) is -0.622. The van der Waals surface area contributed by atoms with Crippen molar-refractivity contribution in [3.63, 3.8) is 0 Å². The van der Waals surface area contributed by atoms with Crippen LogP contribution in [0.4, 0.5) is 4.79 Å². The molecule has 114 valence electrons. The number of alkyl carbamates (subject to hydrolysis) is 1. The number of carbonyl (C=O) groups is 3. The van der Waals surface area contributed by atoms with E-state index >= 15 is 0 Å². The number of ether oxygens (including phenoxy) is 2. The quantitative estimate of drug-likeness (QED) is 0.771. The fraction of sp³-hybridized carbons (Fsp3) is 0.769. The van der Waals surface area contributed by atoms with E-state index in [2.05, 4.69) is 10.1 Å². The van der Waals surface area contributed by atoms with Crippen LogP contribution in [0, 0.1) is 0 Å². The minimum absolute atomic E-state index is 0.108. The van der Waals surface area contributed by atoms with Gasteiger partial charge >= 0.3 is 12.1 Å². The van der Waals surface area contributed by atoms with Crippen molar-refractivity contribution in [2.75, 3.05) is 13.7 Å². The average Bonchev–Trinajstić information content (AvgIpc) is 2.54. The summed E-state index contributed by atoms with van der Waals surface area (Å²) >= 11 is 0. The number of hydrogen-bond donors (Lipinski definition) is 1. The van der Waals surface area contributed by atoms with Crippen LogP contribution in [0.3, 0.4) is 0 Å². The fourth-order valence-electron chi connectivity index (χ4n) is 1.99. The molecule has 0 bridgehead atoms. The molecule has 1 fully saturated rings. The van der Waals surface area contributed by atoms with Gasteiger partial charge in [0.05, 0.1) is 7.11 Å². The molecule has 1 aliphatic rings. The summed E-state index contributed by atoms with van der Waals surface area (Å²) in [6, 6.07) is -0.800. The van der Waals surface area contributed by atoms with Crippen molar-refractivity contribution in [1.29, 1.82) is 0 Å². The molecule has 0 radical (unpaired) electrons. The number of nitrogens with zero attached hydrogens (tertiary/aromatic N) is 1. The van der Waals surface area contributed by atoms with Crippen molar-refractivity contribution in [3.8, 4) is 0 Å². The summed E-state index contributed by atoms with van der Waals surface area (Å²) in [5, 5.41) is 2.53. The van der Waals surface area contributed by atoms with E-state index in [1.165, 1.54) is 12.0 Å². The molecule has 20 heavy (non-hydrogen) atoms. The highest BCUT2D eigenvalue weighted by molar-refractivity contribution is 5.90. The average molecular weight is 286 g/mol. The van der Waals surface area contributed by atoms with Gasteiger partial charge in [0, 0.05) is 6.04 Å². The van der Waals surface area contributed by atoms with E-state index in [0.717, 1.165) is 0 Å². The lowest BCUT2D eigenvalue weighted by atomic mass is 10.2. The van der Waals surface area contributed by atoms with E-state index in [1.54, 1.807) is 20.8 Å². The number of hydrogen-bond acceptors (Lipinski definition) is 5. The molecule has 1 heterocycles. The number of nitrogens with one attached hydrogen (secondary N) is 1. The van der Waals surface area contributed by atoms with Crippen LogP contribution in [-0.4, -0.2) is 54.2 Å². The van der Waals surface area contributed by atoms with Gasteiger partial charge in [0.25, 0.3) is 0 Å². The highest BCUT2D eigenvalue weighted by Crippen LogP contribution is 2.19. The predicted molar refractivity (Wildman–Crippen MR) is 71.0 cm³/mol. The third kappa shape index (κ3) is 4.40. The first-order chi connectivity index (χ1) is 9.14. The van der Waals surface area contributed by atoms with E-state index in [0.29, 0.717) is 6.42 Å². The Balaban J connectivity index is 2.60. The first-order valence-electron chi connectivity index (χ1n) is 6.51. The molecule has 2 atom stereocenters. The highest BCUT2D eigenvalue weighted by atomic mass is 16.6. The number of carbonyl (C=O) groups excluding carboxylic acids is 3. The van der Waals surface area contributed by atoms with Gasteiger partial charge in [0.1, 0.15) is 18.2 Å². The molecule has 0 aromatic rings. The van der Waals surface area contributed by atoms with Gasteiger partial charge in [-0.15, -0.1) is 0 Å². The number of amides is 2. The zero-order valence-electron chi connectivity index (χ0n) is 12.6. The van der Waals surface area contributed by atoms with Crippen molar-refractivity contribution in [2.45, 2.75) is 51.8 Å². The smallest absolute Gasteiger partial charge is 0.408 e. The van der Waals surface area contributed by atoms with Crippen molar-refractivity contribution in [1.82, 2.24) is 10.2 Å². The lowest BCUT2D eigenvalue weighted by molar-refractivity contribution is -0.146. The van der Waals surface area contributed by atoms with E-state index in [9.17, 15) is 14.4 Å². The fourth-order valence-corrected chi connectivity index (χ4v) is 1.99. The normalized spacial score (nSPS) is 22.6. The summed E-state index contributed by atoms with van der Waals surface area (Å²) < 4.78 is 9.65. The number of methoxy groups -OCH3 is 1. The molecule has 2 amide bonds. The molecular formula is C13H22N2O5. The molecule has 1 rings (SSSR count). The molecule has 7 nitrogen and oxygen atoms in total. The summed E-state index contributed by atoms with van der Waals surface area (Å²) in [6.07, 6.45) is -0.197. The van der Waals surface area contributed by atoms with E-state index < -0.39 is 23.7 Å². The molecule has 7 heteroatoms. The van der Waals surface area contributed by atoms with Crippen LogP contribution in [0.25, 0.3) is 0 Å². The Hall–Kier alpha value is -1.79. The molecule has 1 saturated heterocycles. The lowest BCUT2D eigenvalue weighted by Crippen LogP contribution is -2.45. The molecule has 0 aromatic carbocycles. The highest BCUT2D eigenvalue weighted by Gasteiger charge is 2.39. The Morgan fingerprint density at radius 1 is 1.40 bits per heavy atom. The van der Waals surface area contributed by atoms with Gasteiger partial charge in [-0.3, -0.25) is 9.59 Å². The van der Waals surface area contributed by atoms with Crippen molar-refractivity contribution >= 4 is 18.0 Å². The topological polar surface area (TPSA) is 84.9 Å². The molecule has 1 N–H and O–H groups in total. The van der Waals surface area contributed by atoms with Crippen LogP contribution in [0.2, 0.25) is 0 Å². The monoisotopic (exact) mass is 286 g/mol. The second kappa shape index (κ2) is 6.11. The van der Waals surface area contributed by atoms with Crippen molar-refractivity contribution in [3.05, 3.63) is 0 Å². The summed E-state index contributed by atoms with van der Waals surface area (Å²) in [7, 11) is 1.27. The zero-order chi connectivity index (χ0) is 15.5. The van der Waals surface area contributed by atoms with Gasteiger partial charge in [-0.2, -0.15) is 0 Å². The van der Waals surface area contributed by atoms with Crippen molar-refractivity contribution < 1.29 is 23.9 Å². The Morgan fingerprint density at radius 3 is 2.50 bits per heavy atom. The maximum absolute atomic E-state index is 12.1. The maximum atomic E-state index is 12.1. The van der Waals surface area contributed by atoms with Crippen LogP contribution in [0.15, 0.2) is 0 Å². The van der Waals surface area contributed by atoms with Crippen LogP contribution in [-0.2, 0) is 19.1 Å². The van der Waals surface area contributed by atoms with E-state index in [1.807, 2.05) is 6.92 Å². The van der Waals surface area contributed by atoms with Crippen LogP contribution >= 0.6 is 0 Å². The van der Waals surface area contributed by atoms with Gasteiger partial charge in [-0.05, 0) is 34.1 Å². The first kappa shape index (κ1) is 16.3. The minimum atomic E-state index is -0.662. The third-order valence-electron chi connectivity index (χ3n) is 2.91. The molecule has 1 aliphatic heterocycles. The Kier molecular flexibility index (Phi) is 4.97. The number of rotatable bonds is 3. The SMILES string of the molecule is COC(=O)CN1C(=O)[C@@H](NC(=O)OC(C)(C)C)C[C@H]1C. The molecule has 0 aromatic heterocycles. The Bertz CT molecular complexity index is 402. The Morgan fingerprint density at radius 2 is 2.00 bits per heavy atom. The van der Waals surface area contributed by atoms with Crippen molar-refractivity contribution in [2.24, 2.45) is 0 Å². The second-order valence-corrected chi connectivity index (χ2v) is 5.83. The van der Waals surface area contributed by atoms with Crippen LogP contribution < -0.4 is 5.32 Å². The van der Waals surface area contributed by atoms with Gasteiger partial charge in [0.2, 0.25) is 5.91 Å². The lowest BCUT2D eigenvalue weighted by Gasteiger charge is -2.21. The van der Waals surface area contributed by atoms with Gasteiger partial charge < -0.3 is 19.7 Å². The third-order valence-corrected chi connectivity index (χ3v) is 2.91. The second-order valence-electron chi connectivity index (χ2n) is 5.83. The molecule has 0 spiro atoms. The number of esters is 1. The summed E-state index contributed by atoms with van der Waals surface area (Å²) in [4.78, 5) is 36.4. The molecule has 0 aliphatic carbocycles. The van der Waals surface area contributed by atoms with Gasteiger partial charge in [-0.1, -0.05) is 0 Å². The number of likely N-dealkylation sites (tertiary alicyclic amines) is 1. The van der Waals surface area contributed by atoms with Crippen LogP contribution in [0.5, 0.6) is 0 Å². The molecule has 0 unspecified atom stereocenters. The zero-order valence-corrected chi connectivity index (χ0v) is 12.6. The van der Waals surface area contributed by atoms with Gasteiger partial charge in [-0.25, -0.2) is 4.79 Å². The molecular weight excluding hydrogens is 264 g/mol. The summed E-state index contributed by atoms with van der Waals surface area (Å²) in [5.74, 6) is -0.781. The van der Waals surface area contributed by atoms with E-state index in [4.69, 9.17) is 4.74 Å². The molecule has 0 saturated carbocycles. The first-order valence-corrected chi connectivity index (χ1v) is 6.51. The van der Waals surface area contributed by atoms with Gasteiger partial charge in [0.15, 0.2) is 0 Å². The Labute approximate surface area is 118 Å². The van der Waals surface area contributed by atoms with Crippen LogP contribution in [0.1, 0.15) is 34.1 Å². The summed E-state index contributed by atoms with van der Waals surface area (Å²) in [6.45, 7) is 6.94. The standard InChI is InChI=1S/C13H22N2O5/c1-8-6-9(14-12(18)20-13(2,3)4)11(17)15(8)7-10(16)19-5/h8-9H,6-7H2,1-5H3,(H,14,18)/t8-,9+/m1/s1. The maximum Gasteiger partial charge on any atom is 0.408 e. The predicted octanol–water partition coefficient (Wildman–Crippen LogP) is 0.673.